The van der Waals surface area contributed by atoms with Gasteiger partial charge in [-0.3, -0.25) is 0 Å². The van der Waals surface area contributed by atoms with Crippen molar-refractivity contribution in [3.05, 3.63) is 0 Å². The minimum absolute atomic E-state index is 0.500. The Hall–Kier alpha value is -1.59. The zero-order chi connectivity index (χ0) is 14.5. The normalized spacial score (nSPS) is 19.0. The second-order valence-electron chi connectivity index (χ2n) is 5.62. The molecule has 2 rings (SSSR count). The van der Waals surface area contributed by atoms with Crippen LogP contribution in [-0.2, 0) is 0 Å². The summed E-state index contributed by atoms with van der Waals surface area (Å²) in [5.74, 6) is 2.19. The summed E-state index contributed by atoms with van der Waals surface area (Å²) in [5.41, 5.74) is 0. The van der Waals surface area contributed by atoms with E-state index < -0.39 is 0 Å². The molecule has 6 heteroatoms. The van der Waals surface area contributed by atoms with Gasteiger partial charge in [-0.25, -0.2) is 0 Å². The van der Waals surface area contributed by atoms with Gasteiger partial charge in [-0.15, -0.1) is 0 Å². The van der Waals surface area contributed by atoms with Crippen molar-refractivity contribution in [2.45, 2.75) is 45.6 Å². The predicted octanol–water partition coefficient (Wildman–Crippen LogP) is 2.14. The van der Waals surface area contributed by atoms with Gasteiger partial charge in [-0.05, 0) is 32.6 Å². The van der Waals surface area contributed by atoms with E-state index in [0.29, 0.717) is 17.9 Å². The van der Waals surface area contributed by atoms with E-state index in [1.165, 1.54) is 19.3 Å². The SMILES string of the molecule is CCCNc1nc(N(C)C)nc(N2CCCCC2C)n1. The number of hydrogen-bond acceptors (Lipinski definition) is 6. The number of aromatic nitrogens is 3. The van der Waals surface area contributed by atoms with Gasteiger partial charge < -0.3 is 15.1 Å². The molecule has 1 unspecified atom stereocenters. The Kier molecular flexibility index (Phi) is 4.98. The minimum atomic E-state index is 0.500. The highest BCUT2D eigenvalue weighted by molar-refractivity contribution is 5.45. The van der Waals surface area contributed by atoms with Crippen molar-refractivity contribution in [1.82, 2.24) is 15.0 Å². The molecule has 0 saturated carbocycles. The molecule has 0 bridgehead atoms. The van der Waals surface area contributed by atoms with Gasteiger partial charge in [0, 0.05) is 33.2 Å². The van der Waals surface area contributed by atoms with Crippen molar-refractivity contribution in [1.29, 1.82) is 0 Å². The van der Waals surface area contributed by atoms with Crippen LogP contribution in [0.3, 0.4) is 0 Å². The molecule has 0 radical (unpaired) electrons. The van der Waals surface area contributed by atoms with Gasteiger partial charge >= 0.3 is 0 Å². The van der Waals surface area contributed by atoms with E-state index in [4.69, 9.17) is 0 Å². The molecule has 112 valence electrons. The number of nitrogens with zero attached hydrogens (tertiary/aromatic N) is 5. The molecule has 0 aliphatic carbocycles. The van der Waals surface area contributed by atoms with Crippen LogP contribution in [0.4, 0.5) is 17.8 Å². The van der Waals surface area contributed by atoms with Gasteiger partial charge in [0.25, 0.3) is 0 Å². The summed E-state index contributed by atoms with van der Waals surface area (Å²) in [4.78, 5) is 17.9. The van der Waals surface area contributed by atoms with Crippen LogP contribution in [-0.4, -0.2) is 48.2 Å². The summed E-state index contributed by atoms with van der Waals surface area (Å²) in [7, 11) is 3.92. The van der Waals surface area contributed by atoms with E-state index in [-0.39, 0.29) is 0 Å². The van der Waals surface area contributed by atoms with Crippen LogP contribution in [0.15, 0.2) is 0 Å². The monoisotopic (exact) mass is 278 g/mol. The maximum Gasteiger partial charge on any atom is 0.232 e. The Morgan fingerprint density at radius 3 is 2.70 bits per heavy atom. The lowest BCUT2D eigenvalue weighted by Crippen LogP contribution is -2.39. The molecular formula is C14H26N6. The smallest absolute Gasteiger partial charge is 0.232 e. The molecule has 1 aliphatic rings. The minimum Gasteiger partial charge on any atom is -0.354 e. The Morgan fingerprint density at radius 2 is 2.05 bits per heavy atom. The molecule has 1 fully saturated rings. The van der Waals surface area contributed by atoms with Crippen LogP contribution in [0.1, 0.15) is 39.5 Å². The number of piperidine rings is 1. The molecule has 6 nitrogen and oxygen atoms in total. The summed E-state index contributed by atoms with van der Waals surface area (Å²) in [6, 6.07) is 0.500. The third kappa shape index (κ3) is 3.49. The summed E-state index contributed by atoms with van der Waals surface area (Å²) >= 11 is 0. The zero-order valence-corrected chi connectivity index (χ0v) is 13.1. The van der Waals surface area contributed by atoms with Gasteiger partial charge in [0.1, 0.15) is 0 Å². The zero-order valence-electron chi connectivity index (χ0n) is 13.1. The third-order valence-electron chi connectivity index (χ3n) is 3.60. The number of anilines is 3. The molecule has 1 N–H and O–H groups in total. The molecule has 1 aromatic heterocycles. The Labute approximate surface area is 121 Å². The molecular weight excluding hydrogens is 252 g/mol. The lowest BCUT2D eigenvalue weighted by molar-refractivity contribution is 0.476. The van der Waals surface area contributed by atoms with Crippen LogP contribution in [0.25, 0.3) is 0 Å². The Bertz CT molecular complexity index is 434. The van der Waals surface area contributed by atoms with Gasteiger partial charge in [-0.2, -0.15) is 15.0 Å². The van der Waals surface area contributed by atoms with Gasteiger partial charge in [0.2, 0.25) is 17.8 Å². The average Bonchev–Trinajstić information content (AvgIpc) is 2.45. The summed E-state index contributed by atoms with van der Waals surface area (Å²) < 4.78 is 0. The van der Waals surface area contributed by atoms with Crippen molar-refractivity contribution in [2.75, 3.05) is 42.3 Å². The molecule has 1 saturated heterocycles. The molecule has 1 atom stereocenters. The van der Waals surface area contributed by atoms with Crippen molar-refractivity contribution in [2.24, 2.45) is 0 Å². The molecule has 0 spiro atoms. The highest BCUT2D eigenvalue weighted by atomic mass is 15.4. The standard InChI is InChI=1S/C14H26N6/c1-5-9-15-12-16-13(19(3)4)18-14(17-12)20-10-7-6-8-11(20)2/h11H,5-10H2,1-4H3,(H,15,16,17,18). The van der Waals surface area contributed by atoms with E-state index in [9.17, 15) is 0 Å². The highest BCUT2D eigenvalue weighted by Crippen LogP contribution is 2.23. The van der Waals surface area contributed by atoms with Crippen molar-refractivity contribution in [3.63, 3.8) is 0 Å². The van der Waals surface area contributed by atoms with Crippen molar-refractivity contribution in [3.8, 4) is 0 Å². The highest BCUT2D eigenvalue weighted by Gasteiger charge is 2.22. The largest absolute Gasteiger partial charge is 0.354 e. The molecule has 20 heavy (non-hydrogen) atoms. The van der Waals surface area contributed by atoms with E-state index in [1.807, 2.05) is 19.0 Å². The first kappa shape index (κ1) is 14.8. The second-order valence-corrected chi connectivity index (χ2v) is 5.62. The average molecular weight is 278 g/mol. The molecule has 0 amide bonds. The van der Waals surface area contributed by atoms with E-state index in [0.717, 1.165) is 25.5 Å². The van der Waals surface area contributed by atoms with E-state index in [2.05, 4.69) is 39.0 Å². The lowest BCUT2D eigenvalue weighted by Gasteiger charge is -2.33. The van der Waals surface area contributed by atoms with Gasteiger partial charge in [0.05, 0.1) is 0 Å². The summed E-state index contributed by atoms with van der Waals surface area (Å²) in [6.07, 6.45) is 4.77. The molecule has 1 aliphatic heterocycles. The lowest BCUT2D eigenvalue weighted by atomic mass is 10.0. The van der Waals surface area contributed by atoms with Crippen LogP contribution in [0, 0.1) is 0 Å². The van der Waals surface area contributed by atoms with Crippen LogP contribution in [0.5, 0.6) is 0 Å². The maximum atomic E-state index is 4.60. The van der Waals surface area contributed by atoms with Crippen molar-refractivity contribution < 1.29 is 0 Å². The fourth-order valence-electron chi connectivity index (χ4n) is 2.39. The molecule has 1 aromatic rings. The molecule has 2 heterocycles. The van der Waals surface area contributed by atoms with Gasteiger partial charge in [-0.1, -0.05) is 6.92 Å². The first-order valence-electron chi connectivity index (χ1n) is 7.55. The summed E-state index contributed by atoms with van der Waals surface area (Å²) in [6.45, 7) is 6.29. The van der Waals surface area contributed by atoms with Crippen LogP contribution < -0.4 is 15.1 Å². The Morgan fingerprint density at radius 1 is 1.25 bits per heavy atom. The second kappa shape index (κ2) is 6.72. The van der Waals surface area contributed by atoms with Gasteiger partial charge in [0.15, 0.2) is 0 Å². The topological polar surface area (TPSA) is 57.2 Å². The van der Waals surface area contributed by atoms with Crippen LogP contribution in [0.2, 0.25) is 0 Å². The third-order valence-corrected chi connectivity index (χ3v) is 3.60. The maximum absolute atomic E-state index is 4.60. The quantitative estimate of drug-likeness (QED) is 0.890. The van der Waals surface area contributed by atoms with E-state index in [1.54, 1.807) is 0 Å². The van der Waals surface area contributed by atoms with E-state index >= 15 is 0 Å². The first-order chi connectivity index (χ1) is 9.61. The Balaban J connectivity index is 2.27. The number of hydrogen-bond donors (Lipinski definition) is 1. The molecule has 0 aromatic carbocycles. The van der Waals surface area contributed by atoms with Crippen molar-refractivity contribution >= 4 is 17.8 Å². The first-order valence-corrected chi connectivity index (χ1v) is 7.55. The fraction of sp³-hybridized carbons (Fsp3) is 0.786. The van der Waals surface area contributed by atoms with Crippen LogP contribution >= 0.6 is 0 Å². The number of nitrogens with one attached hydrogen (secondary N) is 1. The fourth-order valence-corrected chi connectivity index (χ4v) is 2.39. The predicted molar refractivity (Wildman–Crippen MR) is 83.6 cm³/mol. The number of rotatable bonds is 5. The summed E-state index contributed by atoms with van der Waals surface area (Å²) in [5, 5.41) is 3.27.